The number of hydrogen-bond donors (Lipinski definition) is 0. The lowest BCUT2D eigenvalue weighted by Gasteiger charge is -2.21. The molecule has 1 aromatic carbocycles. The van der Waals surface area contributed by atoms with E-state index in [9.17, 15) is 9.59 Å². The highest BCUT2D eigenvalue weighted by molar-refractivity contribution is 6.01. The Balaban J connectivity index is 2.30. The van der Waals surface area contributed by atoms with E-state index in [1.807, 2.05) is 26.0 Å². The number of rotatable bonds is 3. The first kappa shape index (κ1) is 13.8. The second-order valence-electron chi connectivity index (χ2n) is 5.34. The molecule has 0 radical (unpaired) electrons. The fourth-order valence-corrected chi connectivity index (χ4v) is 2.83. The first-order valence-electron chi connectivity index (χ1n) is 6.74. The third kappa shape index (κ3) is 2.86. The molecule has 1 aliphatic rings. The van der Waals surface area contributed by atoms with E-state index in [0.29, 0.717) is 37.0 Å². The van der Waals surface area contributed by atoms with E-state index < -0.39 is 0 Å². The van der Waals surface area contributed by atoms with Crippen LogP contribution in [0.1, 0.15) is 47.2 Å². The van der Waals surface area contributed by atoms with Crippen LogP contribution in [0.2, 0.25) is 0 Å². The Morgan fingerprint density at radius 2 is 1.84 bits per heavy atom. The number of aryl methyl sites for hydroxylation is 2. The van der Waals surface area contributed by atoms with Crippen molar-refractivity contribution in [1.82, 2.24) is 0 Å². The Kier molecular flexibility index (Phi) is 4.03. The minimum Gasteiger partial charge on any atom is -0.496 e. The molecule has 0 atom stereocenters. The molecule has 1 aliphatic carbocycles. The Bertz CT molecular complexity index is 507. The van der Waals surface area contributed by atoms with Gasteiger partial charge in [-0.25, -0.2) is 0 Å². The van der Waals surface area contributed by atoms with Gasteiger partial charge in [-0.3, -0.25) is 9.59 Å². The molecule has 0 aliphatic heterocycles. The zero-order valence-electron chi connectivity index (χ0n) is 11.8. The zero-order chi connectivity index (χ0) is 14.0. The highest BCUT2D eigenvalue weighted by Crippen LogP contribution is 2.31. The monoisotopic (exact) mass is 260 g/mol. The van der Waals surface area contributed by atoms with Gasteiger partial charge in [-0.15, -0.1) is 0 Å². The Labute approximate surface area is 114 Å². The van der Waals surface area contributed by atoms with E-state index in [4.69, 9.17) is 4.74 Å². The second kappa shape index (κ2) is 5.55. The number of benzene rings is 1. The largest absolute Gasteiger partial charge is 0.496 e. The smallest absolute Gasteiger partial charge is 0.169 e. The van der Waals surface area contributed by atoms with Crippen molar-refractivity contribution >= 4 is 11.6 Å². The Morgan fingerprint density at radius 3 is 2.42 bits per heavy atom. The predicted octanol–water partition coefficient (Wildman–Crippen LogP) is 3.25. The van der Waals surface area contributed by atoms with E-state index in [-0.39, 0.29) is 17.5 Å². The average Bonchev–Trinajstić information content (AvgIpc) is 2.38. The van der Waals surface area contributed by atoms with E-state index >= 15 is 0 Å². The van der Waals surface area contributed by atoms with Crippen molar-refractivity contribution in [2.24, 2.45) is 5.92 Å². The Morgan fingerprint density at radius 1 is 1.21 bits per heavy atom. The van der Waals surface area contributed by atoms with Crippen molar-refractivity contribution in [1.29, 1.82) is 0 Å². The molecule has 0 N–H and O–H groups in total. The van der Waals surface area contributed by atoms with Crippen LogP contribution in [0.15, 0.2) is 12.1 Å². The lowest BCUT2D eigenvalue weighted by molar-refractivity contribution is -0.120. The lowest BCUT2D eigenvalue weighted by atomic mass is 9.82. The number of ether oxygens (including phenoxy) is 1. The van der Waals surface area contributed by atoms with Gasteiger partial charge in [0.15, 0.2) is 5.78 Å². The van der Waals surface area contributed by atoms with E-state index in [1.165, 1.54) is 0 Å². The van der Waals surface area contributed by atoms with Gasteiger partial charge in [0.1, 0.15) is 11.5 Å². The summed E-state index contributed by atoms with van der Waals surface area (Å²) >= 11 is 0. The SMILES string of the molecule is COc1c(C)cc(C)cc1C(=O)C1CCC(=O)CC1. The first-order chi connectivity index (χ1) is 9.02. The van der Waals surface area contributed by atoms with Gasteiger partial charge in [0.25, 0.3) is 0 Å². The summed E-state index contributed by atoms with van der Waals surface area (Å²) in [5, 5.41) is 0. The Hall–Kier alpha value is -1.64. The highest BCUT2D eigenvalue weighted by atomic mass is 16.5. The fraction of sp³-hybridized carbons (Fsp3) is 0.500. The molecule has 2 rings (SSSR count). The molecule has 102 valence electrons. The van der Waals surface area contributed by atoms with Crippen molar-refractivity contribution in [2.75, 3.05) is 7.11 Å². The molecule has 1 aromatic rings. The van der Waals surface area contributed by atoms with E-state index in [1.54, 1.807) is 7.11 Å². The first-order valence-corrected chi connectivity index (χ1v) is 6.74. The molecular weight excluding hydrogens is 240 g/mol. The number of carbonyl (C=O) groups excluding carboxylic acids is 2. The zero-order valence-corrected chi connectivity index (χ0v) is 11.8. The molecule has 0 heterocycles. The van der Waals surface area contributed by atoms with Crippen LogP contribution < -0.4 is 4.74 Å². The van der Waals surface area contributed by atoms with Crippen LogP contribution in [-0.2, 0) is 4.79 Å². The van der Waals surface area contributed by atoms with Gasteiger partial charge in [0.2, 0.25) is 0 Å². The number of carbonyl (C=O) groups is 2. The normalized spacial score (nSPS) is 16.5. The maximum Gasteiger partial charge on any atom is 0.169 e. The van der Waals surface area contributed by atoms with E-state index in [2.05, 4.69) is 0 Å². The van der Waals surface area contributed by atoms with Gasteiger partial charge >= 0.3 is 0 Å². The van der Waals surface area contributed by atoms with Gasteiger partial charge in [-0.2, -0.15) is 0 Å². The summed E-state index contributed by atoms with van der Waals surface area (Å²) in [6, 6.07) is 3.91. The van der Waals surface area contributed by atoms with Gasteiger partial charge in [0, 0.05) is 18.8 Å². The van der Waals surface area contributed by atoms with Crippen LogP contribution in [0.25, 0.3) is 0 Å². The molecule has 0 saturated heterocycles. The maximum absolute atomic E-state index is 12.6. The molecule has 19 heavy (non-hydrogen) atoms. The van der Waals surface area contributed by atoms with Crippen LogP contribution in [0.5, 0.6) is 5.75 Å². The van der Waals surface area contributed by atoms with Crippen molar-refractivity contribution in [3.63, 3.8) is 0 Å². The van der Waals surface area contributed by atoms with Crippen molar-refractivity contribution in [3.8, 4) is 5.75 Å². The van der Waals surface area contributed by atoms with Crippen molar-refractivity contribution < 1.29 is 14.3 Å². The van der Waals surface area contributed by atoms with Gasteiger partial charge in [-0.1, -0.05) is 6.07 Å². The summed E-state index contributed by atoms with van der Waals surface area (Å²) in [4.78, 5) is 23.9. The predicted molar refractivity (Wildman–Crippen MR) is 73.8 cm³/mol. The molecular formula is C16H20O3. The van der Waals surface area contributed by atoms with Crippen LogP contribution in [0.4, 0.5) is 0 Å². The molecule has 0 amide bonds. The minimum absolute atomic E-state index is 0.0344. The fourth-order valence-electron chi connectivity index (χ4n) is 2.83. The third-order valence-electron chi connectivity index (χ3n) is 3.80. The van der Waals surface area contributed by atoms with Gasteiger partial charge in [0.05, 0.1) is 12.7 Å². The standard InChI is InChI=1S/C16H20O3/c1-10-8-11(2)16(19-3)14(9-10)15(18)12-4-6-13(17)7-5-12/h8-9,12H,4-7H2,1-3H3. The molecule has 0 aromatic heterocycles. The van der Waals surface area contributed by atoms with Crippen molar-refractivity contribution in [2.45, 2.75) is 39.5 Å². The second-order valence-corrected chi connectivity index (χ2v) is 5.34. The highest BCUT2D eigenvalue weighted by Gasteiger charge is 2.28. The van der Waals surface area contributed by atoms with Crippen LogP contribution in [-0.4, -0.2) is 18.7 Å². The summed E-state index contributed by atoms with van der Waals surface area (Å²) < 4.78 is 5.38. The summed E-state index contributed by atoms with van der Waals surface area (Å²) in [6.45, 7) is 3.93. The molecule has 3 heteroatoms. The van der Waals surface area contributed by atoms with Gasteiger partial charge in [-0.05, 0) is 43.9 Å². The maximum atomic E-state index is 12.6. The summed E-state index contributed by atoms with van der Waals surface area (Å²) in [5.41, 5.74) is 2.71. The quantitative estimate of drug-likeness (QED) is 0.783. The van der Waals surface area contributed by atoms with Crippen LogP contribution >= 0.6 is 0 Å². The van der Waals surface area contributed by atoms with Crippen molar-refractivity contribution in [3.05, 3.63) is 28.8 Å². The molecule has 0 unspecified atom stereocenters. The molecule has 0 spiro atoms. The summed E-state index contributed by atoms with van der Waals surface area (Å²) in [5.74, 6) is 1.04. The number of Topliss-reactive ketones (excluding diaryl/α,β-unsaturated/α-hetero) is 2. The summed E-state index contributed by atoms with van der Waals surface area (Å²) in [6.07, 6.45) is 2.41. The molecule has 1 fully saturated rings. The number of methoxy groups -OCH3 is 1. The third-order valence-corrected chi connectivity index (χ3v) is 3.80. The molecule has 0 bridgehead atoms. The van der Waals surface area contributed by atoms with Gasteiger partial charge < -0.3 is 4.74 Å². The molecule has 3 nitrogen and oxygen atoms in total. The average molecular weight is 260 g/mol. The number of ketones is 2. The molecule has 1 saturated carbocycles. The number of hydrogen-bond acceptors (Lipinski definition) is 3. The van der Waals surface area contributed by atoms with E-state index in [0.717, 1.165) is 11.1 Å². The lowest BCUT2D eigenvalue weighted by Crippen LogP contribution is -2.22. The summed E-state index contributed by atoms with van der Waals surface area (Å²) in [7, 11) is 1.60. The minimum atomic E-state index is -0.0344. The van der Waals surface area contributed by atoms with Crippen LogP contribution in [0, 0.1) is 19.8 Å². The topological polar surface area (TPSA) is 43.4 Å². The van der Waals surface area contributed by atoms with Crippen LogP contribution in [0.3, 0.4) is 0 Å².